The standard InChI is InChI=1S/C29H27ClN4O4S/c1-19-27(18-28(31)35)33(29(36)22-4-2-20(3-5-22)21-10-12-32-13-11-21)14-15-34(19)39(37,38)26-9-7-23-16-25(30)8-6-24(23)17-26/h2-13,16-17,19,27H,14-15,18H2,1H3,(H2,31,35). The Bertz CT molecular complexity index is 1650. The fourth-order valence-electron chi connectivity index (χ4n) is 5.11. The van der Waals surface area contributed by atoms with Crippen LogP contribution in [0, 0.1) is 0 Å². The summed E-state index contributed by atoms with van der Waals surface area (Å²) in [5.74, 6) is -0.895. The summed E-state index contributed by atoms with van der Waals surface area (Å²) < 4.78 is 28.8. The van der Waals surface area contributed by atoms with Gasteiger partial charge in [-0.2, -0.15) is 4.31 Å². The van der Waals surface area contributed by atoms with Crippen molar-refractivity contribution in [3.8, 4) is 11.1 Å². The summed E-state index contributed by atoms with van der Waals surface area (Å²) in [5, 5.41) is 2.13. The van der Waals surface area contributed by atoms with Crippen LogP contribution in [0.2, 0.25) is 5.02 Å². The third-order valence-corrected chi connectivity index (χ3v) is 9.39. The Morgan fingerprint density at radius 1 is 0.923 bits per heavy atom. The van der Waals surface area contributed by atoms with Gasteiger partial charge in [0.05, 0.1) is 10.9 Å². The number of halogens is 1. The Morgan fingerprint density at radius 3 is 2.26 bits per heavy atom. The lowest BCUT2D eigenvalue weighted by Crippen LogP contribution is -2.62. The molecule has 5 rings (SSSR count). The van der Waals surface area contributed by atoms with Crippen LogP contribution in [0.25, 0.3) is 21.9 Å². The number of primary amides is 1. The minimum atomic E-state index is -3.93. The van der Waals surface area contributed by atoms with E-state index < -0.39 is 28.0 Å². The summed E-state index contributed by atoms with van der Waals surface area (Å²) in [6, 6.07) is 19.6. The number of benzene rings is 3. The van der Waals surface area contributed by atoms with Gasteiger partial charge in [-0.05, 0) is 77.4 Å². The average Bonchev–Trinajstić information content (AvgIpc) is 2.93. The van der Waals surface area contributed by atoms with Crippen molar-refractivity contribution in [2.24, 2.45) is 5.73 Å². The lowest BCUT2D eigenvalue weighted by molar-refractivity contribution is -0.119. The smallest absolute Gasteiger partial charge is 0.254 e. The summed E-state index contributed by atoms with van der Waals surface area (Å²) in [6.45, 7) is 1.91. The van der Waals surface area contributed by atoms with Crippen LogP contribution in [-0.2, 0) is 14.8 Å². The van der Waals surface area contributed by atoms with E-state index in [0.29, 0.717) is 10.6 Å². The van der Waals surface area contributed by atoms with E-state index in [4.69, 9.17) is 17.3 Å². The molecule has 1 aliphatic rings. The van der Waals surface area contributed by atoms with E-state index in [1.54, 1.807) is 72.7 Å². The van der Waals surface area contributed by atoms with Crippen LogP contribution in [0.1, 0.15) is 23.7 Å². The number of carbonyl (C=O) groups excluding carboxylic acids is 2. The summed E-state index contributed by atoms with van der Waals surface area (Å²) in [5.41, 5.74) is 7.90. The molecule has 8 nitrogen and oxygen atoms in total. The Morgan fingerprint density at radius 2 is 1.56 bits per heavy atom. The van der Waals surface area contributed by atoms with E-state index in [1.807, 2.05) is 24.3 Å². The van der Waals surface area contributed by atoms with Crippen molar-refractivity contribution >= 4 is 44.2 Å². The zero-order chi connectivity index (χ0) is 27.7. The maximum atomic E-state index is 13.7. The summed E-state index contributed by atoms with van der Waals surface area (Å²) in [6.07, 6.45) is 3.24. The first kappa shape index (κ1) is 26.8. The number of hydrogen-bond donors (Lipinski definition) is 1. The van der Waals surface area contributed by atoms with E-state index in [2.05, 4.69) is 4.98 Å². The number of sulfonamides is 1. The second-order valence-corrected chi connectivity index (χ2v) is 11.9. The van der Waals surface area contributed by atoms with Crippen molar-refractivity contribution in [3.63, 3.8) is 0 Å². The Hall–Kier alpha value is -3.79. The molecular weight excluding hydrogens is 536 g/mol. The normalized spacial score (nSPS) is 18.3. The quantitative estimate of drug-likeness (QED) is 0.376. The van der Waals surface area contributed by atoms with Crippen molar-refractivity contribution in [1.29, 1.82) is 0 Å². The van der Waals surface area contributed by atoms with Gasteiger partial charge in [-0.25, -0.2) is 8.42 Å². The van der Waals surface area contributed by atoms with E-state index in [9.17, 15) is 18.0 Å². The average molecular weight is 563 g/mol. The molecule has 0 aliphatic carbocycles. The molecule has 0 radical (unpaired) electrons. The molecule has 10 heteroatoms. The molecule has 2 atom stereocenters. The zero-order valence-electron chi connectivity index (χ0n) is 21.2. The molecule has 2 heterocycles. The van der Waals surface area contributed by atoms with Gasteiger partial charge in [0, 0.05) is 48.5 Å². The van der Waals surface area contributed by atoms with Gasteiger partial charge in [-0.3, -0.25) is 14.6 Å². The molecule has 1 fully saturated rings. The van der Waals surface area contributed by atoms with Crippen molar-refractivity contribution in [1.82, 2.24) is 14.2 Å². The lowest BCUT2D eigenvalue weighted by atomic mass is 9.99. The van der Waals surface area contributed by atoms with Gasteiger partial charge in [-0.15, -0.1) is 0 Å². The molecule has 2 amide bonds. The monoisotopic (exact) mass is 562 g/mol. The van der Waals surface area contributed by atoms with Crippen LogP contribution in [0.15, 0.2) is 90.1 Å². The van der Waals surface area contributed by atoms with Crippen LogP contribution >= 0.6 is 11.6 Å². The first-order chi connectivity index (χ1) is 18.6. The molecule has 200 valence electrons. The highest BCUT2D eigenvalue weighted by molar-refractivity contribution is 7.89. The molecule has 39 heavy (non-hydrogen) atoms. The number of pyridine rings is 1. The van der Waals surface area contributed by atoms with Crippen LogP contribution in [0.4, 0.5) is 0 Å². The molecule has 2 N–H and O–H groups in total. The number of fused-ring (bicyclic) bond motifs is 1. The predicted octanol–water partition coefficient (Wildman–Crippen LogP) is 4.33. The molecule has 1 saturated heterocycles. The van der Waals surface area contributed by atoms with Gasteiger partial charge < -0.3 is 10.6 Å². The number of amides is 2. The Labute approximate surface area is 232 Å². The van der Waals surface area contributed by atoms with E-state index >= 15 is 0 Å². The molecule has 0 bridgehead atoms. The van der Waals surface area contributed by atoms with Crippen molar-refractivity contribution in [2.45, 2.75) is 30.3 Å². The van der Waals surface area contributed by atoms with Crippen LogP contribution in [-0.4, -0.2) is 59.6 Å². The number of piperazine rings is 1. The van der Waals surface area contributed by atoms with Crippen LogP contribution < -0.4 is 5.73 Å². The fraction of sp³-hybridized carbons (Fsp3) is 0.207. The van der Waals surface area contributed by atoms with Gasteiger partial charge in [0.25, 0.3) is 5.91 Å². The number of carbonyl (C=O) groups is 2. The zero-order valence-corrected chi connectivity index (χ0v) is 22.8. The largest absolute Gasteiger partial charge is 0.370 e. The van der Waals surface area contributed by atoms with Crippen LogP contribution in [0.5, 0.6) is 0 Å². The molecule has 0 spiro atoms. The van der Waals surface area contributed by atoms with E-state index in [-0.39, 0.29) is 30.3 Å². The van der Waals surface area contributed by atoms with E-state index in [0.717, 1.165) is 21.9 Å². The number of nitrogens with two attached hydrogens (primary N) is 1. The number of rotatable bonds is 6. The van der Waals surface area contributed by atoms with Gasteiger partial charge in [0.1, 0.15) is 0 Å². The van der Waals surface area contributed by atoms with Crippen LogP contribution in [0.3, 0.4) is 0 Å². The van der Waals surface area contributed by atoms with Gasteiger partial charge >= 0.3 is 0 Å². The highest BCUT2D eigenvalue weighted by Crippen LogP contribution is 2.30. The molecule has 0 saturated carbocycles. The topological polar surface area (TPSA) is 114 Å². The number of nitrogens with zero attached hydrogens (tertiary/aromatic N) is 3. The minimum Gasteiger partial charge on any atom is -0.370 e. The van der Waals surface area contributed by atoms with Gasteiger partial charge in [0.15, 0.2) is 0 Å². The Kier molecular flexibility index (Phi) is 7.40. The summed E-state index contributed by atoms with van der Waals surface area (Å²) in [7, 11) is -3.93. The Balaban J connectivity index is 1.41. The lowest BCUT2D eigenvalue weighted by Gasteiger charge is -2.45. The number of aromatic nitrogens is 1. The van der Waals surface area contributed by atoms with Crippen molar-refractivity contribution in [3.05, 3.63) is 95.8 Å². The maximum Gasteiger partial charge on any atom is 0.254 e. The first-order valence-corrected chi connectivity index (χ1v) is 14.3. The maximum absolute atomic E-state index is 13.7. The summed E-state index contributed by atoms with van der Waals surface area (Å²) >= 11 is 6.07. The first-order valence-electron chi connectivity index (χ1n) is 12.5. The SMILES string of the molecule is CC1C(CC(N)=O)N(C(=O)c2ccc(-c3ccncc3)cc2)CCN1S(=O)(=O)c1ccc2cc(Cl)ccc2c1. The van der Waals surface area contributed by atoms with Gasteiger partial charge in [-0.1, -0.05) is 35.9 Å². The second kappa shape index (κ2) is 10.8. The van der Waals surface area contributed by atoms with Crippen molar-refractivity contribution < 1.29 is 18.0 Å². The molecule has 3 aromatic carbocycles. The molecule has 4 aromatic rings. The predicted molar refractivity (Wildman–Crippen MR) is 151 cm³/mol. The fourth-order valence-corrected chi connectivity index (χ4v) is 6.98. The van der Waals surface area contributed by atoms with Gasteiger partial charge in [0.2, 0.25) is 15.9 Å². The molecule has 2 unspecified atom stereocenters. The molecular formula is C29H27ClN4O4S. The van der Waals surface area contributed by atoms with Crippen molar-refractivity contribution in [2.75, 3.05) is 13.1 Å². The highest BCUT2D eigenvalue weighted by atomic mass is 35.5. The molecule has 1 aliphatic heterocycles. The number of hydrogen-bond acceptors (Lipinski definition) is 5. The summed E-state index contributed by atoms with van der Waals surface area (Å²) in [4.78, 5) is 31.3. The highest BCUT2D eigenvalue weighted by Gasteiger charge is 2.42. The minimum absolute atomic E-state index is 0.0816. The second-order valence-electron chi connectivity index (χ2n) is 9.56. The third kappa shape index (κ3) is 5.38. The van der Waals surface area contributed by atoms with E-state index in [1.165, 1.54) is 4.31 Å². The molecule has 1 aromatic heterocycles. The third-order valence-electron chi connectivity index (χ3n) is 7.17.